The van der Waals surface area contributed by atoms with Gasteiger partial charge in [0.2, 0.25) is 0 Å². The lowest BCUT2D eigenvalue weighted by Gasteiger charge is -2.07. The molecule has 0 amide bonds. The topological polar surface area (TPSA) is 81.5 Å². The number of para-hydroxylation sites is 2. The quantitative estimate of drug-likeness (QED) is 0.520. The highest BCUT2D eigenvalue weighted by molar-refractivity contribution is 7.16. The Hall–Kier alpha value is -2.41. The third-order valence-electron chi connectivity index (χ3n) is 2.84. The van der Waals surface area contributed by atoms with Gasteiger partial charge in [0.1, 0.15) is 5.69 Å². The van der Waals surface area contributed by atoms with Crippen LogP contribution in [0, 0.1) is 17.0 Å². The zero-order valence-electron chi connectivity index (χ0n) is 11.6. The van der Waals surface area contributed by atoms with Crippen LogP contribution in [0.25, 0.3) is 0 Å². The molecule has 0 saturated carbocycles. The molecule has 1 aromatic carbocycles. The molecule has 6 nitrogen and oxygen atoms in total. The zero-order chi connectivity index (χ0) is 15.4. The second-order valence-electron chi connectivity index (χ2n) is 4.36. The lowest BCUT2D eigenvalue weighted by Crippen LogP contribution is -2.05. The van der Waals surface area contributed by atoms with Crippen LogP contribution < -0.4 is 5.32 Å². The highest BCUT2D eigenvalue weighted by Crippen LogP contribution is 2.34. The number of rotatable bonds is 5. The molecule has 0 aliphatic rings. The summed E-state index contributed by atoms with van der Waals surface area (Å²) in [6.45, 7) is 1.91. The fourth-order valence-corrected chi connectivity index (χ4v) is 2.84. The van der Waals surface area contributed by atoms with Gasteiger partial charge in [-0.25, -0.2) is 0 Å². The Morgan fingerprint density at radius 2 is 2.14 bits per heavy atom. The number of methoxy groups -OCH3 is 1. The summed E-state index contributed by atoms with van der Waals surface area (Å²) in [6.07, 6.45) is 0.129. The van der Waals surface area contributed by atoms with E-state index < -0.39 is 4.92 Å². The average molecular weight is 306 g/mol. The minimum Gasteiger partial charge on any atom is -0.469 e. The van der Waals surface area contributed by atoms with E-state index in [-0.39, 0.29) is 18.1 Å². The Labute approximate surface area is 125 Å². The van der Waals surface area contributed by atoms with Crippen LogP contribution in [0.3, 0.4) is 0 Å². The molecule has 0 fully saturated rings. The first-order chi connectivity index (χ1) is 10.0. The van der Waals surface area contributed by atoms with Gasteiger partial charge in [0, 0.05) is 10.9 Å². The lowest BCUT2D eigenvalue weighted by atomic mass is 10.2. The van der Waals surface area contributed by atoms with Crippen molar-refractivity contribution in [2.75, 3.05) is 12.4 Å². The summed E-state index contributed by atoms with van der Waals surface area (Å²) in [4.78, 5) is 23.0. The van der Waals surface area contributed by atoms with Crippen molar-refractivity contribution in [3.05, 3.63) is 50.9 Å². The number of thiophene rings is 1. The standard InChI is InChI=1S/C14H14N2O4S/c1-9-7-10(8-13(17)20-2)14(21-9)15-11-5-3-4-6-12(11)16(18)19/h3-7,15H,8H2,1-2H3. The number of nitrogens with one attached hydrogen (secondary N) is 1. The van der Waals surface area contributed by atoms with Gasteiger partial charge in [-0.15, -0.1) is 11.3 Å². The fourth-order valence-electron chi connectivity index (χ4n) is 1.89. The molecular formula is C14H14N2O4S. The monoisotopic (exact) mass is 306 g/mol. The third kappa shape index (κ3) is 3.57. The van der Waals surface area contributed by atoms with E-state index in [1.165, 1.54) is 24.5 Å². The molecule has 0 saturated heterocycles. The van der Waals surface area contributed by atoms with E-state index >= 15 is 0 Å². The smallest absolute Gasteiger partial charge is 0.310 e. The Morgan fingerprint density at radius 3 is 2.81 bits per heavy atom. The number of nitrogens with zero attached hydrogens (tertiary/aromatic N) is 1. The number of anilines is 2. The maximum atomic E-state index is 11.4. The van der Waals surface area contributed by atoms with Gasteiger partial charge in [0.25, 0.3) is 5.69 Å². The molecular weight excluding hydrogens is 292 g/mol. The number of hydrogen-bond acceptors (Lipinski definition) is 6. The minimum absolute atomic E-state index is 0.00688. The van der Waals surface area contributed by atoms with Gasteiger partial charge in [-0.05, 0) is 24.6 Å². The lowest BCUT2D eigenvalue weighted by molar-refractivity contribution is -0.383. The van der Waals surface area contributed by atoms with Crippen LogP contribution in [0.5, 0.6) is 0 Å². The Morgan fingerprint density at radius 1 is 1.43 bits per heavy atom. The molecule has 0 radical (unpaired) electrons. The van der Waals surface area contributed by atoms with Gasteiger partial charge in [-0.2, -0.15) is 0 Å². The molecule has 2 aromatic rings. The van der Waals surface area contributed by atoms with Crippen molar-refractivity contribution < 1.29 is 14.5 Å². The van der Waals surface area contributed by atoms with E-state index in [1.807, 2.05) is 13.0 Å². The zero-order valence-corrected chi connectivity index (χ0v) is 12.4. The van der Waals surface area contributed by atoms with Crippen LogP contribution in [0.2, 0.25) is 0 Å². The molecule has 0 aliphatic carbocycles. The summed E-state index contributed by atoms with van der Waals surface area (Å²) >= 11 is 1.44. The van der Waals surface area contributed by atoms with Crippen molar-refractivity contribution in [1.82, 2.24) is 0 Å². The number of esters is 1. The number of aryl methyl sites for hydroxylation is 1. The van der Waals surface area contributed by atoms with Crippen molar-refractivity contribution in [2.24, 2.45) is 0 Å². The average Bonchev–Trinajstić information content (AvgIpc) is 2.78. The van der Waals surface area contributed by atoms with Crippen LogP contribution in [-0.2, 0) is 16.0 Å². The highest BCUT2D eigenvalue weighted by Gasteiger charge is 2.16. The Bertz CT molecular complexity index is 681. The van der Waals surface area contributed by atoms with Gasteiger partial charge in [0.15, 0.2) is 0 Å². The van der Waals surface area contributed by atoms with E-state index in [4.69, 9.17) is 0 Å². The van der Waals surface area contributed by atoms with Gasteiger partial charge in [-0.1, -0.05) is 12.1 Å². The first kappa shape index (κ1) is 15.0. The van der Waals surface area contributed by atoms with E-state index in [0.29, 0.717) is 10.7 Å². The van der Waals surface area contributed by atoms with Crippen molar-refractivity contribution in [3.63, 3.8) is 0 Å². The van der Waals surface area contributed by atoms with Gasteiger partial charge in [-0.3, -0.25) is 14.9 Å². The predicted octanol–water partition coefficient (Wildman–Crippen LogP) is 3.42. The normalized spacial score (nSPS) is 10.2. The van der Waals surface area contributed by atoms with Crippen molar-refractivity contribution in [1.29, 1.82) is 0 Å². The second-order valence-corrected chi connectivity index (χ2v) is 5.62. The maximum absolute atomic E-state index is 11.4. The Kier molecular flexibility index (Phi) is 4.54. The number of hydrogen-bond donors (Lipinski definition) is 1. The molecule has 7 heteroatoms. The molecule has 1 N–H and O–H groups in total. The highest BCUT2D eigenvalue weighted by atomic mass is 32.1. The van der Waals surface area contributed by atoms with Crippen LogP contribution in [0.15, 0.2) is 30.3 Å². The maximum Gasteiger partial charge on any atom is 0.310 e. The van der Waals surface area contributed by atoms with E-state index in [0.717, 1.165) is 10.4 Å². The van der Waals surface area contributed by atoms with E-state index in [2.05, 4.69) is 10.1 Å². The summed E-state index contributed by atoms with van der Waals surface area (Å²) in [5.74, 6) is -0.349. The van der Waals surface area contributed by atoms with Crippen LogP contribution >= 0.6 is 11.3 Å². The largest absolute Gasteiger partial charge is 0.469 e. The molecule has 1 aromatic heterocycles. The van der Waals surface area contributed by atoms with E-state index in [1.54, 1.807) is 18.2 Å². The number of ether oxygens (including phenoxy) is 1. The summed E-state index contributed by atoms with van der Waals surface area (Å²) in [5.41, 5.74) is 1.16. The Balaban J connectivity index is 2.32. The molecule has 110 valence electrons. The second kappa shape index (κ2) is 6.36. The molecule has 0 spiro atoms. The fraction of sp³-hybridized carbons (Fsp3) is 0.214. The number of carbonyl (C=O) groups excluding carboxylic acids is 1. The van der Waals surface area contributed by atoms with Crippen molar-refractivity contribution in [2.45, 2.75) is 13.3 Å². The van der Waals surface area contributed by atoms with Crippen LogP contribution in [0.1, 0.15) is 10.4 Å². The number of benzene rings is 1. The summed E-state index contributed by atoms with van der Waals surface area (Å²) < 4.78 is 4.66. The van der Waals surface area contributed by atoms with Crippen molar-refractivity contribution >= 4 is 33.7 Å². The first-order valence-electron chi connectivity index (χ1n) is 6.18. The predicted molar refractivity (Wildman–Crippen MR) is 81.2 cm³/mol. The number of carbonyl (C=O) groups is 1. The molecule has 0 unspecified atom stereocenters. The summed E-state index contributed by atoms with van der Waals surface area (Å²) in [6, 6.07) is 8.27. The number of nitro groups is 1. The molecule has 0 atom stereocenters. The van der Waals surface area contributed by atoms with Crippen LogP contribution in [-0.4, -0.2) is 18.0 Å². The van der Waals surface area contributed by atoms with Crippen molar-refractivity contribution in [3.8, 4) is 0 Å². The number of nitro benzene ring substituents is 1. The molecule has 21 heavy (non-hydrogen) atoms. The summed E-state index contributed by atoms with van der Waals surface area (Å²) in [7, 11) is 1.33. The van der Waals surface area contributed by atoms with Gasteiger partial charge >= 0.3 is 5.97 Å². The van der Waals surface area contributed by atoms with Crippen LogP contribution in [0.4, 0.5) is 16.4 Å². The van der Waals surface area contributed by atoms with Gasteiger partial charge in [0.05, 0.1) is 23.5 Å². The molecule has 0 bridgehead atoms. The SMILES string of the molecule is COC(=O)Cc1cc(C)sc1Nc1ccccc1[N+](=O)[O-]. The summed E-state index contributed by atoms with van der Waals surface area (Å²) in [5, 5.41) is 14.8. The van der Waals surface area contributed by atoms with E-state index in [9.17, 15) is 14.9 Å². The molecule has 2 rings (SSSR count). The first-order valence-corrected chi connectivity index (χ1v) is 6.99. The minimum atomic E-state index is -0.442. The molecule has 0 aliphatic heterocycles. The van der Waals surface area contributed by atoms with Gasteiger partial charge < -0.3 is 10.1 Å². The molecule has 1 heterocycles. The third-order valence-corrected chi connectivity index (χ3v) is 3.85.